The van der Waals surface area contributed by atoms with Gasteiger partial charge in [0.2, 0.25) is 5.60 Å². The number of aryl methyl sites for hydroxylation is 1. The first kappa shape index (κ1) is 11.7. The zero-order valence-corrected chi connectivity index (χ0v) is 10.6. The molecule has 1 atom stereocenters. The van der Waals surface area contributed by atoms with E-state index in [0.29, 0.717) is 0 Å². The molecule has 3 rings (SSSR count). The van der Waals surface area contributed by atoms with E-state index in [-0.39, 0.29) is 0 Å². The normalized spacial score (nSPS) is 29.2. The maximum atomic E-state index is 11.7. The Morgan fingerprint density at radius 2 is 1.78 bits per heavy atom. The van der Waals surface area contributed by atoms with Crippen molar-refractivity contribution >= 4 is 5.97 Å². The van der Waals surface area contributed by atoms with Gasteiger partial charge < -0.3 is 9.84 Å². The summed E-state index contributed by atoms with van der Waals surface area (Å²) in [4.78, 5) is 11.7. The van der Waals surface area contributed by atoms with Gasteiger partial charge in [-0.15, -0.1) is 0 Å². The highest BCUT2D eigenvalue weighted by molar-refractivity contribution is 5.85. The molecule has 1 aromatic rings. The first-order chi connectivity index (χ1) is 8.61. The molecule has 3 heteroatoms. The molecule has 1 aromatic carbocycles. The molecule has 0 radical (unpaired) electrons. The number of epoxide rings is 1. The van der Waals surface area contributed by atoms with Gasteiger partial charge in [-0.2, -0.15) is 0 Å². The largest absolute Gasteiger partial charge is 0.479 e. The summed E-state index contributed by atoms with van der Waals surface area (Å²) >= 11 is 0. The Balaban J connectivity index is 1.99. The molecule has 0 aromatic heterocycles. The Bertz CT molecular complexity index is 471. The Morgan fingerprint density at radius 1 is 1.17 bits per heavy atom. The van der Waals surface area contributed by atoms with Gasteiger partial charge in [0.1, 0.15) is 5.60 Å². The fourth-order valence-corrected chi connectivity index (χ4v) is 3.32. The van der Waals surface area contributed by atoms with Gasteiger partial charge in [-0.1, -0.05) is 49.1 Å². The number of hydrogen-bond acceptors (Lipinski definition) is 2. The number of carboxylic acid groups (broad SMARTS) is 1. The minimum atomic E-state index is -1.08. The van der Waals surface area contributed by atoms with E-state index in [1.165, 1.54) is 6.42 Å². The van der Waals surface area contributed by atoms with Crippen LogP contribution in [0.1, 0.15) is 43.2 Å². The molecule has 1 N–H and O–H groups in total. The van der Waals surface area contributed by atoms with Gasteiger partial charge in [0, 0.05) is 0 Å². The molecule has 2 aliphatic rings. The lowest BCUT2D eigenvalue weighted by atomic mass is 9.77. The van der Waals surface area contributed by atoms with Crippen LogP contribution in [0.15, 0.2) is 24.3 Å². The molecule has 1 saturated carbocycles. The predicted octanol–water partition coefficient (Wildman–Crippen LogP) is 3.01. The molecular weight excluding hydrogens is 228 g/mol. The smallest absolute Gasteiger partial charge is 0.343 e. The van der Waals surface area contributed by atoms with Crippen LogP contribution in [0, 0.1) is 6.92 Å². The van der Waals surface area contributed by atoms with Gasteiger partial charge in [-0.25, -0.2) is 4.79 Å². The van der Waals surface area contributed by atoms with Crippen LogP contribution in [0.25, 0.3) is 0 Å². The van der Waals surface area contributed by atoms with Crippen molar-refractivity contribution in [1.82, 2.24) is 0 Å². The van der Waals surface area contributed by atoms with Crippen molar-refractivity contribution in [2.45, 2.75) is 50.2 Å². The van der Waals surface area contributed by atoms with E-state index < -0.39 is 17.2 Å². The van der Waals surface area contributed by atoms with Crippen LogP contribution in [0.5, 0.6) is 0 Å². The molecule has 1 unspecified atom stereocenters. The van der Waals surface area contributed by atoms with Crippen LogP contribution >= 0.6 is 0 Å². The van der Waals surface area contributed by atoms with Gasteiger partial charge in [-0.05, 0) is 25.3 Å². The topological polar surface area (TPSA) is 49.8 Å². The molecule has 0 bridgehead atoms. The molecule has 18 heavy (non-hydrogen) atoms. The molecule has 96 valence electrons. The summed E-state index contributed by atoms with van der Waals surface area (Å²) < 4.78 is 5.82. The predicted molar refractivity (Wildman–Crippen MR) is 67.4 cm³/mol. The first-order valence-corrected chi connectivity index (χ1v) is 6.61. The zero-order valence-electron chi connectivity index (χ0n) is 10.6. The van der Waals surface area contributed by atoms with Crippen LogP contribution in [-0.4, -0.2) is 16.7 Å². The van der Waals surface area contributed by atoms with Gasteiger partial charge in [-0.3, -0.25) is 0 Å². The van der Waals surface area contributed by atoms with Crippen LogP contribution in [0.2, 0.25) is 0 Å². The molecule has 1 heterocycles. The standard InChI is InChI=1S/C15H18O3/c1-11-5-7-12(8-6-11)15(13(16)17)14(18-15)9-3-2-4-10-14/h5-8H,2-4,9-10H2,1H3,(H,16,17). The van der Waals surface area contributed by atoms with Crippen molar-refractivity contribution < 1.29 is 14.6 Å². The highest BCUT2D eigenvalue weighted by Gasteiger charge is 2.75. The van der Waals surface area contributed by atoms with Crippen LogP contribution < -0.4 is 0 Å². The maximum Gasteiger partial charge on any atom is 0.343 e. The molecule has 2 fully saturated rings. The Hall–Kier alpha value is -1.35. The van der Waals surface area contributed by atoms with Crippen LogP contribution in [0.4, 0.5) is 0 Å². The van der Waals surface area contributed by atoms with E-state index in [1.54, 1.807) is 0 Å². The maximum absolute atomic E-state index is 11.7. The van der Waals surface area contributed by atoms with Crippen molar-refractivity contribution in [3.8, 4) is 0 Å². The molecular formula is C15H18O3. The number of rotatable bonds is 2. The summed E-state index contributed by atoms with van der Waals surface area (Å²) in [5.74, 6) is -0.840. The second kappa shape index (κ2) is 3.82. The summed E-state index contributed by atoms with van der Waals surface area (Å²) in [6.45, 7) is 2.00. The van der Waals surface area contributed by atoms with Crippen molar-refractivity contribution in [2.24, 2.45) is 0 Å². The van der Waals surface area contributed by atoms with Gasteiger partial charge >= 0.3 is 5.97 Å². The van der Waals surface area contributed by atoms with Crippen molar-refractivity contribution in [2.75, 3.05) is 0 Å². The number of benzene rings is 1. The molecule has 3 nitrogen and oxygen atoms in total. The van der Waals surface area contributed by atoms with E-state index in [4.69, 9.17) is 4.74 Å². The highest BCUT2D eigenvalue weighted by atomic mass is 16.7. The number of ether oxygens (including phenoxy) is 1. The first-order valence-electron chi connectivity index (χ1n) is 6.61. The molecule has 1 saturated heterocycles. The minimum Gasteiger partial charge on any atom is -0.479 e. The van der Waals surface area contributed by atoms with Crippen LogP contribution in [-0.2, 0) is 15.1 Å². The van der Waals surface area contributed by atoms with Gasteiger partial charge in [0.05, 0.1) is 0 Å². The van der Waals surface area contributed by atoms with Crippen molar-refractivity contribution in [3.05, 3.63) is 35.4 Å². The third-order valence-corrected chi connectivity index (χ3v) is 4.37. The van der Waals surface area contributed by atoms with Crippen molar-refractivity contribution in [3.63, 3.8) is 0 Å². The average molecular weight is 246 g/mol. The zero-order chi connectivity index (χ0) is 12.8. The second-order valence-corrected chi connectivity index (χ2v) is 5.51. The Kier molecular flexibility index (Phi) is 2.49. The summed E-state index contributed by atoms with van der Waals surface area (Å²) in [5.41, 5.74) is 0.410. The number of carboxylic acids is 1. The minimum absolute atomic E-state index is 0.438. The lowest BCUT2D eigenvalue weighted by molar-refractivity contribution is -0.143. The summed E-state index contributed by atoms with van der Waals surface area (Å²) in [6, 6.07) is 7.70. The number of hydrogen-bond donors (Lipinski definition) is 1. The van der Waals surface area contributed by atoms with Crippen LogP contribution in [0.3, 0.4) is 0 Å². The molecule has 1 aliphatic heterocycles. The monoisotopic (exact) mass is 246 g/mol. The summed E-state index contributed by atoms with van der Waals surface area (Å²) in [6.07, 6.45) is 5.07. The number of carbonyl (C=O) groups is 1. The molecule has 0 amide bonds. The Labute approximate surface area is 107 Å². The van der Waals surface area contributed by atoms with E-state index in [9.17, 15) is 9.90 Å². The van der Waals surface area contributed by atoms with E-state index >= 15 is 0 Å². The lowest BCUT2D eigenvalue weighted by Crippen LogP contribution is -2.33. The Morgan fingerprint density at radius 3 is 2.33 bits per heavy atom. The second-order valence-electron chi connectivity index (χ2n) is 5.51. The summed E-state index contributed by atoms with van der Waals surface area (Å²) in [5, 5.41) is 9.62. The summed E-state index contributed by atoms with van der Waals surface area (Å²) in [7, 11) is 0. The fraction of sp³-hybridized carbons (Fsp3) is 0.533. The SMILES string of the molecule is Cc1ccc(C2(C(=O)O)OC23CCCCC3)cc1. The molecule has 1 spiro atoms. The lowest BCUT2D eigenvalue weighted by Gasteiger charge is -2.21. The molecule has 1 aliphatic carbocycles. The third-order valence-electron chi connectivity index (χ3n) is 4.37. The van der Waals surface area contributed by atoms with Gasteiger partial charge in [0.25, 0.3) is 0 Å². The van der Waals surface area contributed by atoms with E-state index in [0.717, 1.165) is 36.8 Å². The average Bonchev–Trinajstić information content (AvgIpc) is 3.00. The van der Waals surface area contributed by atoms with Gasteiger partial charge in [0.15, 0.2) is 0 Å². The van der Waals surface area contributed by atoms with E-state index in [2.05, 4.69) is 0 Å². The fourth-order valence-electron chi connectivity index (χ4n) is 3.32. The third kappa shape index (κ3) is 1.43. The quantitative estimate of drug-likeness (QED) is 0.816. The van der Waals surface area contributed by atoms with E-state index in [1.807, 2.05) is 31.2 Å². The highest BCUT2D eigenvalue weighted by Crippen LogP contribution is 2.62. The number of aliphatic carboxylic acids is 1. The van der Waals surface area contributed by atoms with Crippen molar-refractivity contribution in [1.29, 1.82) is 0 Å².